The summed E-state index contributed by atoms with van der Waals surface area (Å²) in [5.41, 5.74) is 3.73. The summed E-state index contributed by atoms with van der Waals surface area (Å²) in [6.45, 7) is 2.43. The van der Waals surface area contributed by atoms with Crippen LogP contribution < -0.4 is 5.32 Å². The molecule has 0 bridgehead atoms. The van der Waals surface area contributed by atoms with E-state index in [0.717, 1.165) is 25.1 Å². The first kappa shape index (κ1) is 14.3. The average Bonchev–Trinajstić information content (AvgIpc) is 2.36. The highest BCUT2D eigenvalue weighted by atomic mass is 19.4. The summed E-state index contributed by atoms with van der Waals surface area (Å²) in [5.74, 6) is 0. The van der Waals surface area contributed by atoms with Crippen molar-refractivity contribution < 1.29 is 13.2 Å². The minimum Gasteiger partial charge on any atom is -0.312 e. The number of fused-ring (bicyclic) bond motifs is 1. The van der Waals surface area contributed by atoms with Crippen molar-refractivity contribution in [3.63, 3.8) is 0 Å². The molecular formula is C14H19F3N2. The first-order valence-corrected chi connectivity index (χ1v) is 6.51. The van der Waals surface area contributed by atoms with E-state index >= 15 is 0 Å². The SMILES string of the molecule is CN(CCC(F)(F)F)Cc1cccc2c1CCNC2. The number of hydrogen-bond acceptors (Lipinski definition) is 2. The Morgan fingerprint density at radius 1 is 1.32 bits per heavy atom. The molecule has 1 aliphatic rings. The predicted molar refractivity (Wildman–Crippen MR) is 68.9 cm³/mol. The van der Waals surface area contributed by atoms with Gasteiger partial charge in [0.25, 0.3) is 0 Å². The summed E-state index contributed by atoms with van der Waals surface area (Å²) in [6.07, 6.45) is -3.87. The Balaban J connectivity index is 1.99. The summed E-state index contributed by atoms with van der Waals surface area (Å²) >= 11 is 0. The van der Waals surface area contributed by atoms with Gasteiger partial charge >= 0.3 is 6.18 Å². The number of benzene rings is 1. The molecule has 2 nitrogen and oxygen atoms in total. The summed E-state index contributed by atoms with van der Waals surface area (Å²) in [7, 11) is 1.74. The van der Waals surface area contributed by atoms with Crippen LogP contribution >= 0.6 is 0 Å². The largest absolute Gasteiger partial charge is 0.390 e. The third-order valence-electron chi connectivity index (χ3n) is 3.45. The van der Waals surface area contributed by atoms with E-state index in [2.05, 4.69) is 11.4 Å². The van der Waals surface area contributed by atoms with Crippen molar-refractivity contribution in [1.29, 1.82) is 0 Å². The van der Waals surface area contributed by atoms with Crippen molar-refractivity contribution in [3.05, 3.63) is 34.9 Å². The van der Waals surface area contributed by atoms with Crippen LogP contribution in [-0.4, -0.2) is 31.2 Å². The Bertz CT molecular complexity index is 429. The van der Waals surface area contributed by atoms with E-state index in [4.69, 9.17) is 0 Å². The van der Waals surface area contributed by atoms with Crippen molar-refractivity contribution in [2.24, 2.45) is 0 Å². The molecule has 19 heavy (non-hydrogen) atoms. The maximum atomic E-state index is 12.2. The molecule has 0 saturated heterocycles. The second-order valence-electron chi connectivity index (χ2n) is 5.08. The maximum absolute atomic E-state index is 12.2. The first-order chi connectivity index (χ1) is 8.96. The van der Waals surface area contributed by atoms with Crippen LogP contribution in [0.5, 0.6) is 0 Å². The molecule has 5 heteroatoms. The Morgan fingerprint density at radius 3 is 2.84 bits per heavy atom. The van der Waals surface area contributed by atoms with E-state index in [0.29, 0.717) is 6.54 Å². The molecule has 1 heterocycles. The van der Waals surface area contributed by atoms with Gasteiger partial charge in [-0.25, -0.2) is 0 Å². The first-order valence-electron chi connectivity index (χ1n) is 6.51. The number of nitrogens with zero attached hydrogens (tertiary/aromatic N) is 1. The van der Waals surface area contributed by atoms with Gasteiger partial charge in [-0.05, 0) is 36.7 Å². The quantitative estimate of drug-likeness (QED) is 0.906. The van der Waals surface area contributed by atoms with Crippen LogP contribution in [0.3, 0.4) is 0 Å². The third-order valence-corrected chi connectivity index (χ3v) is 3.45. The van der Waals surface area contributed by atoms with Gasteiger partial charge in [-0.15, -0.1) is 0 Å². The van der Waals surface area contributed by atoms with E-state index < -0.39 is 12.6 Å². The number of halogens is 3. The van der Waals surface area contributed by atoms with Gasteiger partial charge < -0.3 is 10.2 Å². The van der Waals surface area contributed by atoms with Gasteiger partial charge in [0.05, 0.1) is 6.42 Å². The lowest BCUT2D eigenvalue weighted by atomic mass is 9.95. The van der Waals surface area contributed by atoms with Crippen LogP contribution in [0.1, 0.15) is 23.1 Å². The highest BCUT2D eigenvalue weighted by Crippen LogP contribution is 2.22. The van der Waals surface area contributed by atoms with Crippen LogP contribution in [-0.2, 0) is 19.5 Å². The zero-order chi connectivity index (χ0) is 13.9. The number of rotatable bonds is 4. The fourth-order valence-corrected chi connectivity index (χ4v) is 2.45. The molecule has 0 unspecified atom stereocenters. The van der Waals surface area contributed by atoms with Crippen molar-refractivity contribution in [1.82, 2.24) is 10.2 Å². The molecule has 0 radical (unpaired) electrons. The Labute approximate surface area is 111 Å². The Morgan fingerprint density at radius 2 is 2.11 bits per heavy atom. The van der Waals surface area contributed by atoms with E-state index in [1.54, 1.807) is 11.9 Å². The highest BCUT2D eigenvalue weighted by Gasteiger charge is 2.27. The van der Waals surface area contributed by atoms with Gasteiger partial charge in [0.1, 0.15) is 0 Å². The van der Waals surface area contributed by atoms with Crippen molar-refractivity contribution in [3.8, 4) is 0 Å². The van der Waals surface area contributed by atoms with Gasteiger partial charge in [-0.2, -0.15) is 13.2 Å². The molecule has 0 aliphatic carbocycles. The molecule has 1 aromatic carbocycles. The minimum atomic E-state index is -4.08. The van der Waals surface area contributed by atoms with E-state index in [1.165, 1.54) is 11.1 Å². The van der Waals surface area contributed by atoms with Crippen LogP contribution in [0.4, 0.5) is 13.2 Å². The smallest absolute Gasteiger partial charge is 0.312 e. The van der Waals surface area contributed by atoms with E-state index in [-0.39, 0.29) is 6.54 Å². The van der Waals surface area contributed by atoms with Crippen LogP contribution in [0.2, 0.25) is 0 Å². The van der Waals surface area contributed by atoms with E-state index in [1.807, 2.05) is 12.1 Å². The lowest BCUT2D eigenvalue weighted by Gasteiger charge is -2.24. The molecule has 0 atom stereocenters. The topological polar surface area (TPSA) is 15.3 Å². The molecule has 0 fully saturated rings. The number of hydrogen-bond donors (Lipinski definition) is 1. The second kappa shape index (κ2) is 5.92. The van der Waals surface area contributed by atoms with Crippen molar-refractivity contribution in [2.75, 3.05) is 20.1 Å². The van der Waals surface area contributed by atoms with Gasteiger partial charge in [0.15, 0.2) is 0 Å². The van der Waals surface area contributed by atoms with Crippen molar-refractivity contribution >= 4 is 0 Å². The molecule has 0 spiro atoms. The summed E-state index contributed by atoms with van der Waals surface area (Å²) < 4.78 is 36.6. The molecule has 0 aromatic heterocycles. The fraction of sp³-hybridized carbons (Fsp3) is 0.571. The van der Waals surface area contributed by atoms with Crippen LogP contribution in [0, 0.1) is 0 Å². The molecular weight excluding hydrogens is 253 g/mol. The standard InChI is InChI=1S/C14H19F3N2/c1-19(8-6-14(15,16)17)10-12-4-2-3-11-9-18-7-5-13(11)12/h2-4,18H,5-10H2,1H3. The van der Waals surface area contributed by atoms with Gasteiger partial charge in [-0.3, -0.25) is 0 Å². The van der Waals surface area contributed by atoms with E-state index in [9.17, 15) is 13.2 Å². The molecule has 1 aromatic rings. The Hall–Kier alpha value is -1.07. The summed E-state index contributed by atoms with van der Waals surface area (Å²) in [4.78, 5) is 1.74. The summed E-state index contributed by atoms with van der Waals surface area (Å²) in [5, 5.41) is 3.30. The monoisotopic (exact) mass is 272 g/mol. The third kappa shape index (κ3) is 4.21. The number of nitrogens with one attached hydrogen (secondary N) is 1. The Kier molecular flexibility index (Phi) is 4.47. The fourth-order valence-electron chi connectivity index (χ4n) is 2.45. The highest BCUT2D eigenvalue weighted by molar-refractivity contribution is 5.36. The maximum Gasteiger partial charge on any atom is 0.390 e. The minimum absolute atomic E-state index is 0.0470. The lowest BCUT2D eigenvalue weighted by molar-refractivity contribution is -0.137. The molecule has 0 amide bonds. The lowest BCUT2D eigenvalue weighted by Crippen LogP contribution is -2.28. The van der Waals surface area contributed by atoms with Crippen LogP contribution in [0.15, 0.2) is 18.2 Å². The second-order valence-corrected chi connectivity index (χ2v) is 5.08. The van der Waals surface area contributed by atoms with Gasteiger partial charge in [0, 0.05) is 19.6 Å². The molecule has 1 aliphatic heterocycles. The van der Waals surface area contributed by atoms with Crippen molar-refractivity contribution in [2.45, 2.75) is 32.1 Å². The molecule has 0 saturated carbocycles. The average molecular weight is 272 g/mol. The molecule has 1 N–H and O–H groups in total. The zero-order valence-electron chi connectivity index (χ0n) is 11.1. The normalized spacial score (nSPS) is 15.6. The molecule has 2 rings (SSSR count). The summed E-state index contributed by atoms with van der Waals surface area (Å²) in [6, 6.07) is 6.09. The number of alkyl halides is 3. The zero-order valence-corrected chi connectivity index (χ0v) is 11.1. The van der Waals surface area contributed by atoms with Gasteiger partial charge in [-0.1, -0.05) is 18.2 Å². The van der Waals surface area contributed by atoms with Crippen LogP contribution in [0.25, 0.3) is 0 Å². The van der Waals surface area contributed by atoms with Gasteiger partial charge in [0.2, 0.25) is 0 Å². The molecule has 106 valence electrons. The predicted octanol–water partition coefficient (Wildman–Crippen LogP) is 2.72.